The van der Waals surface area contributed by atoms with Gasteiger partial charge in [-0.25, -0.2) is 0 Å². The van der Waals surface area contributed by atoms with E-state index >= 15 is 0 Å². The fourth-order valence-electron chi connectivity index (χ4n) is 0.792. The molecular formula is C7H13ClF3NO2. The third-order valence-electron chi connectivity index (χ3n) is 1.48. The van der Waals surface area contributed by atoms with E-state index in [0.29, 0.717) is 0 Å². The predicted molar refractivity (Wildman–Crippen MR) is 47.1 cm³/mol. The molecule has 0 aliphatic heterocycles. The number of methoxy groups -OCH3 is 1. The Kier molecular flexibility index (Phi) is 7.85. The Morgan fingerprint density at radius 2 is 2.00 bits per heavy atom. The average Bonchev–Trinajstić information content (AvgIpc) is 2.00. The van der Waals surface area contributed by atoms with Crippen molar-refractivity contribution in [3.63, 3.8) is 0 Å². The van der Waals surface area contributed by atoms with E-state index in [2.05, 4.69) is 4.74 Å². The van der Waals surface area contributed by atoms with Crippen molar-refractivity contribution in [2.45, 2.75) is 31.5 Å². The third-order valence-corrected chi connectivity index (χ3v) is 1.48. The molecule has 0 aliphatic carbocycles. The molecule has 0 radical (unpaired) electrons. The maximum Gasteiger partial charge on any atom is 0.389 e. The van der Waals surface area contributed by atoms with Crippen molar-refractivity contribution < 1.29 is 22.7 Å². The van der Waals surface area contributed by atoms with Gasteiger partial charge in [-0.1, -0.05) is 0 Å². The first-order valence-corrected chi connectivity index (χ1v) is 3.77. The van der Waals surface area contributed by atoms with Crippen molar-refractivity contribution in [3.05, 3.63) is 0 Å². The Morgan fingerprint density at radius 1 is 1.50 bits per heavy atom. The van der Waals surface area contributed by atoms with Gasteiger partial charge in [-0.3, -0.25) is 4.79 Å². The zero-order valence-corrected chi connectivity index (χ0v) is 8.45. The molecule has 0 heterocycles. The van der Waals surface area contributed by atoms with Crippen LogP contribution in [0.4, 0.5) is 13.2 Å². The largest absolute Gasteiger partial charge is 0.468 e. The van der Waals surface area contributed by atoms with Gasteiger partial charge in [0.05, 0.1) is 7.11 Å². The van der Waals surface area contributed by atoms with E-state index < -0.39 is 24.6 Å². The molecule has 1 atom stereocenters. The molecule has 0 unspecified atom stereocenters. The van der Waals surface area contributed by atoms with Crippen LogP contribution in [-0.2, 0) is 9.53 Å². The summed E-state index contributed by atoms with van der Waals surface area (Å²) in [6.45, 7) is 0. The Bertz CT molecular complexity index is 175. The lowest BCUT2D eigenvalue weighted by Gasteiger charge is -2.09. The van der Waals surface area contributed by atoms with E-state index in [1.807, 2.05) is 0 Å². The van der Waals surface area contributed by atoms with Gasteiger partial charge in [0.15, 0.2) is 0 Å². The molecule has 0 rings (SSSR count). The molecule has 2 N–H and O–H groups in total. The molecule has 0 aromatic rings. The molecule has 0 spiro atoms. The van der Waals surface area contributed by atoms with Crippen LogP contribution in [-0.4, -0.2) is 25.3 Å². The van der Waals surface area contributed by atoms with Gasteiger partial charge < -0.3 is 10.5 Å². The lowest BCUT2D eigenvalue weighted by Crippen LogP contribution is -2.31. The minimum absolute atomic E-state index is 0. The third kappa shape index (κ3) is 8.12. The number of rotatable bonds is 4. The lowest BCUT2D eigenvalue weighted by molar-refractivity contribution is -0.144. The summed E-state index contributed by atoms with van der Waals surface area (Å²) in [5, 5.41) is 0. The van der Waals surface area contributed by atoms with Gasteiger partial charge in [0.2, 0.25) is 0 Å². The molecule has 3 nitrogen and oxygen atoms in total. The number of hydrogen-bond acceptors (Lipinski definition) is 3. The van der Waals surface area contributed by atoms with Crippen LogP contribution in [0.25, 0.3) is 0 Å². The quantitative estimate of drug-likeness (QED) is 0.754. The number of esters is 1. The zero-order valence-electron chi connectivity index (χ0n) is 7.63. The second-order valence-corrected chi connectivity index (χ2v) is 2.64. The Balaban J connectivity index is 0. The summed E-state index contributed by atoms with van der Waals surface area (Å²) in [6, 6.07) is -0.952. The van der Waals surface area contributed by atoms with Crippen LogP contribution in [0.5, 0.6) is 0 Å². The average molecular weight is 236 g/mol. The summed E-state index contributed by atoms with van der Waals surface area (Å²) >= 11 is 0. The first kappa shape index (κ1) is 16.0. The molecule has 0 aliphatic rings. The summed E-state index contributed by atoms with van der Waals surface area (Å²) in [5.74, 6) is -0.679. The van der Waals surface area contributed by atoms with Crippen molar-refractivity contribution >= 4 is 18.4 Å². The van der Waals surface area contributed by atoms with Crippen LogP contribution in [0, 0.1) is 0 Å². The molecule has 0 bridgehead atoms. The van der Waals surface area contributed by atoms with Gasteiger partial charge in [0.1, 0.15) is 6.04 Å². The number of halogens is 4. The molecular weight excluding hydrogens is 223 g/mol. The van der Waals surface area contributed by atoms with Crippen LogP contribution in [0.1, 0.15) is 19.3 Å². The maximum atomic E-state index is 11.6. The number of ether oxygens (including phenoxy) is 1. The van der Waals surface area contributed by atoms with Crippen LogP contribution in [0.3, 0.4) is 0 Å². The van der Waals surface area contributed by atoms with Crippen LogP contribution < -0.4 is 5.73 Å². The molecule has 0 aromatic carbocycles. The fraction of sp³-hybridized carbons (Fsp3) is 0.857. The van der Waals surface area contributed by atoms with Gasteiger partial charge in [-0.15, -0.1) is 12.4 Å². The SMILES string of the molecule is COC(=O)[C@@H](N)CCCC(F)(F)F.Cl. The number of nitrogens with two attached hydrogens (primary N) is 1. The molecule has 86 valence electrons. The minimum atomic E-state index is -4.18. The summed E-state index contributed by atoms with van der Waals surface area (Å²) in [6.07, 6.45) is -5.26. The molecule has 14 heavy (non-hydrogen) atoms. The second kappa shape index (κ2) is 6.89. The van der Waals surface area contributed by atoms with Crippen molar-refractivity contribution in [1.29, 1.82) is 0 Å². The number of hydrogen-bond donors (Lipinski definition) is 1. The zero-order chi connectivity index (χ0) is 10.5. The fourth-order valence-corrected chi connectivity index (χ4v) is 0.792. The van der Waals surface area contributed by atoms with Gasteiger partial charge in [-0.2, -0.15) is 13.2 Å². The highest BCUT2D eigenvalue weighted by Crippen LogP contribution is 2.22. The van der Waals surface area contributed by atoms with Crippen LogP contribution >= 0.6 is 12.4 Å². The summed E-state index contributed by atoms with van der Waals surface area (Å²) in [5.41, 5.74) is 5.22. The Hall–Kier alpha value is -0.490. The summed E-state index contributed by atoms with van der Waals surface area (Å²) in [4.78, 5) is 10.6. The molecule has 7 heteroatoms. The van der Waals surface area contributed by atoms with E-state index in [9.17, 15) is 18.0 Å². The van der Waals surface area contributed by atoms with Crippen molar-refractivity contribution in [3.8, 4) is 0 Å². The van der Waals surface area contributed by atoms with E-state index in [0.717, 1.165) is 7.11 Å². The van der Waals surface area contributed by atoms with Crippen molar-refractivity contribution in [2.75, 3.05) is 7.11 Å². The minimum Gasteiger partial charge on any atom is -0.468 e. The van der Waals surface area contributed by atoms with Gasteiger partial charge >= 0.3 is 12.1 Å². The lowest BCUT2D eigenvalue weighted by atomic mass is 10.1. The molecule has 0 amide bonds. The molecule has 0 saturated carbocycles. The van der Waals surface area contributed by atoms with Gasteiger partial charge in [-0.05, 0) is 12.8 Å². The topological polar surface area (TPSA) is 52.3 Å². The van der Waals surface area contributed by atoms with Crippen molar-refractivity contribution in [1.82, 2.24) is 0 Å². The van der Waals surface area contributed by atoms with Crippen LogP contribution in [0.2, 0.25) is 0 Å². The first-order chi connectivity index (χ1) is 5.87. The normalized spacial score (nSPS) is 12.9. The van der Waals surface area contributed by atoms with Crippen LogP contribution in [0.15, 0.2) is 0 Å². The van der Waals surface area contributed by atoms with E-state index in [-0.39, 0.29) is 25.2 Å². The Morgan fingerprint density at radius 3 is 2.36 bits per heavy atom. The predicted octanol–water partition coefficient (Wildman–Crippen LogP) is 1.64. The molecule has 0 aromatic heterocycles. The van der Waals surface area contributed by atoms with Gasteiger partial charge in [0.25, 0.3) is 0 Å². The second-order valence-electron chi connectivity index (χ2n) is 2.64. The summed E-state index contributed by atoms with van der Waals surface area (Å²) < 4.78 is 39.1. The van der Waals surface area contributed by atoms with E-state index in [1.54, 1.807) is 0 Å². The number of alkyl halides is 3. The van der Waals surface area contributed by atoms with E-state index in [1.165, 1.54) is 0 Å². The number of carbonyl (C=O) groups excluding carboxylic acids is 1. The smallest absolute Gasteiger partial charge is 0.389 e. The van der Waals surface area contributed by atoms with Gasteiger partial charge in [0, 0.05) is 6.42 Å². The van der Waals surface area contributed by atoms with E-state index in [4.69, 9.17) is 5.73 Å². The Labute approximate surface area is 86.2 Å². The molecule has 0 fully saturated rings. The summed E-state index contributed by atoms with van der Waals surface area (Å²) in [7, 11) is 1.14. The maximum absolute atomic E-state index is 11.6. The highest BCUT2D eigenvalue weighted by Gasteiger charge is 2.27. The first-order valence-electron chi connectivity index (χ1n) is 3.77. The monoisotopic (exact) mass is 235 g/mol. The number of carbonyl (C=O) groups is 1. The highest BCUT2D eigenvalue weighted by molar-refractivity contribution is 5.85. The standard InChI is InChI=1S/C7H12F3NO2.ClH/c1-13-6(12)5(11)3-2-4-7(8,9)10;/h5H,2-4,11H2,1H3;1H/t5-;/m0./s1. The molecule has 0 saturated heterocycles. The van der Waals surface area contributed by atoms with Crippen molar-refractivity contribution in [2.24, 2.45) is 5.73 Å². The highest BCUT2D eigenvalue weighted by atomic mass is 35.5.